The number of halogens is 2. The average Bonchev–Trinajstić information content (AvgIpc) is 2.85. The number of rotatable bonds is 7. The van der Waals surface area contributed by atoms with Crippen LogP contribution in [0.2, 0.25) is 0 Å². The summed E-state index contributed by atoms with van der Waals surface area (Å²) >= 11 is 0. The molecule has 1 N–H and O–H groups in total. The number of benzene rings is 1. The van der Waals surface area contributed by atoms with Crippen molar-refractivity contribution in [2.24, 2.45) is 0 Å². The Bertz CT molecular complexity index is 828. The van der Waals surface area contributed by atoms with Crippen LogP contribution < -0.4 is 14.8 Å². The first-order valence-corrected chi connectivity index (χ1v) is 9.67. The van der Waals surface area contributed by atoms with E-state index in [1.165, 1.54) is 13.2 Å². The molecule has 150 valence electrons. The molecule has 2 rings (SSSR count). The molecule has 0 radical (unpaired) electrons. The molecule has 1 fully saturated rings. The highest BCUT2D eigenvalue weighted by Crippen LogP contribution is 2.29. The van der Waals surface area contributed by atoms with Crippen molar-refractivity contribution >= 4 is 21.7 Å². The van der Waals surface area contributed by atoms with E-state index < -0.39 is 40.5 Å². The summed E-state index contributed by atoms with van der Waals surface area (Å²) in [5.74, 6) is -2.07. The predicted octanol–water partition coefficient (Wildman–Crippen LogP) is 1.15. The van der Waals surface area contributed by atoms with Crippen molar-refractivity contribution in [2.45, 2.75) is 25.5 Å². The molecule has 27 heavy (non-hydrogen) atoms. The Hall–Kier alpha value is -2.43. The van der Waals surface area contributed by atoms with E-state index in [9.17, 15) is 26.8 Å². The third kappa shape index (κ3) is 5.78. The van der Waals surface area contributed by atoms with Gasteiger partial charge in [-0.2, -0.15) is 8.78 Å². The van der Waals surface area contributed by atoms with Gasteiger partial charge in [0.1, 0.15) is 0 Å². The number of amides is 1. The number of sulfone groups is 1. The molecule has 1 aromatic carbocycles. The van der Waals surface area contributed by atoms with Crippen molar-refractivity contribution in [3.05, 3.63) is 23.8 Å². The standard InChI is InChI=1S/C16H19F2NO7S/c1-16(5-6-27(22,23)9-16)19-13(20)8-25-14(21)10-3-4-11(26-15(17)18)12(7-10)24-2/h3-4,7,15H,5-6,8-9H2,1-2H3,(H,19,20)/t16-/m0/s1. The van der Waals surface area contributed by atoms with E-state index in [2.05, 4.69) is 10.1 Å². The molecule has 0 saturated carbocycles. The van der Waals surface area contributed by atoms with E-state index in [1.807, 2.05) is 0 Å². The predicted molar refractivity (Wildman–Crippen MR) is 89.7 cm³/mol. The van der Waals surface area contributed by atoms with Crippen LogP contribution in [0.1, 0.15) is 23.7 Å². The van der Waals surface area contributed by atoms with Gasteiger partial charge in [0.05, 0.1) is 29.7 Å². The number of esters is 1. The lowest BCUT2D eigenvalue weighted by molar-refractivity contribution is -0.125. The van der Waals surface area contributed by atoms with E-state index >= 15 is 0 Å². The van der Waals surface area contributed by atoms with E-state index in [1.54, 1.807) is 6.92 Å². The third-order valence-electron chi connectivity index (χ3n) is 3.89. The molecular weight excluding hydrogens is 388 g/mol. The van der Waals surface area contributed by atoms with Gasteiger partial charge < -0.3 is 19.5 Å². The van der Waals surface area contributed by atoms with Gasteiger partial charge in [-0.15, -0.1) is 0 Å². The zero-order valence-corrected chi connectivity index (χ0v) is 15.5. The first-order chi connectivity index (χ1) is 12.5. The first-order valence-electron chi connectivity index (χ1n) is 7.85. The van der Waals surface area contributed by atoms with E-state index in [0.717, 1.165) is 12.1 Å². The van der Waals surface area contributed by atoms with Crippen molar-refractivity contribution in [3.8, 4) is 11.5 Å². The number of alkyl halides is 2. The molecule has 1 aliphatic rings. The highest BCUT2D eigenvalue weighted by molar-refractivity contribution is 7.91. The zero-order valence-electron chi connectivity index (χ0n) is 14.7. The highest BCUT2D eigenvalue weighted by Gasteiger charge is 2.39. The van der Waals surface area contributed by atoms with Crippen LogP contribution in [-0.2, 0) is 19.4 Å². The molecule has 1 amide bonds. The highest BCUT2D eigenvalue weighted by atomic mass is 32.2. The van der Waals surface area contributed by atoms with Gasteiger partial charge in [0, 0.05) is 0 Å². The summed E-state index contributed by atoms with van der Waals surface area (Å²) in [6, 6.07) is 3.44. The van der Waals surface area contributed by atoms with Crippen LogP contribution >= 0.6 is 0 Å². The molecule has 0 aliphatic carbocycles. The molecule has 1 saturated heterocycles. The molecule has 0 spiro atoms. The maximum atomic E-state index is 12.3. The van der Waals surface area contributed by atoms with Crippen molar-refractivity contribution in [3.63, 3.8) is 0 Å². The zero-order chi connectivity index (χ0) is 20.2. The van der Waals surface area contributed by atoms with Crippen molar-refractivity contribution in [2.75, 3.05) is 25.2 Å². The normalized spacial score (nSPS) is 20.9. The molecule has 8 nitrogen and oxygen atoms in total. The molecular formula is C16H19F2NO7S. The maximum Gasteiger partial charge on any atom is 0.387 e. The fourth-order valence-electron chi connectivity index (χ4n) is 2.68. The molecule has 0 aromatic heterocycles. The van der Waals surface area contributed by atoms with Gasteiger partial charge in [-0.3, -0.25) is 4.79 Å². The Labute approximate surface area is 154 Å². The summed E-state index contributed by atoms with van der Waals surface area (Å²) in [5.41, 5.74) is -0.935. The van der Waals surface area contributed by atoms with Gasteiger partial charge in [0.25, 0.3) is 5.91 Å². The fraction of sp³-hybridized carbons (Fsp3) is 0.500. The van der Waals surface area contributed by atoms with Gasteiger partial charge in [-0.25, -0.2) is 13.2 Å². The molecule has 0 bridgehead atoms. The van der Waals surface area contributed by atoms with Crippen LogP contribution in [0, 0.1) is 0 Å². The number of carbonyl (C=O) groups is 2. The van der Waals surface area contributed by atoms with Gasteiger partial charge in [-0.05, 0) is 31.5 Å². The molecule has 0 unspecified atom stereocenters. The maximum absolute atomic E-state index is 12.3. The molecule has 1 heterocycles. The van der Waals surface area contributed by atoms with E-state index in [4.69, 9.17) is 9.47 Å². The summed E-state index contributed by atoms with van der Waals surface area (Å²) < 4.78 is 61.7. The minimum Gasteiger partial charge on any atom is -0.493 e. The number of ether oxygens (including phenoxy) is 3. The lowest BCUT2D eigenvalue weighted by atomic mass is 10.0. The largest absolute Gasteiger partial charge is 0.493 e. The number of nitrogens with one attached hydrogen (secondary N) is 1. The quantitative estimate of drug-likeness (QED) is 0.676. The van der Waals surface area contributed by atoms with Gasteiger partial charge in [0.2, 0.25) is 0 Å². The molecule has 1 aromatic rings. The minimum absolute atomic E-state index is 0.0175. The van der Waals surface area contributed by atoms with Gasteiger partial charge in [-0.1, -0.05) is 0 Å². The van der Waals surface area contributed by atoms with Crippen LogP contribution in [0.3, 0.4) is 0 Å². The van der Waals surface area contributed by atoms with Crippen LogP contribution in [0.5, 0.6) is 11.5 Å². The Morgan fingerprint density at radius 3 is 2.56 bits per heavy atom. The fourth-order valence-corrected chi connectivity index (χ4v) is 4.78. The van der Waals surface area contributed by atoms with Crippen molar-refractivity contribution < 1.29 is 41.0 Å². The molecule has 11 heteroatoms. The second-order valence-corrected chi connectivity index (χ2v) is 8.46. The Kier molecular flexibility index (Phi) is 6.24. The Morgan fingerprint density at radius 2 is 2.00 bits per heavy atom. The van der Waals surface area contributed by atoms with Crippen molar-refractivity contribution in [1.82, 2.24) is 5.32 Å². The molecule has 1 aliphatic heterocycles. The number of methoxy groups -OCH3 is 1. The third-order valence-corrected chi connectivity index (χ3v) is 5.80. The van der Waals surface area contributed by atoms with Gasteiger partial charge in [0.15, 0.2) is 27.9 Å². The summed E-state index contributed by atoms with van der Waals surface area (Å²) in [6.45, 7) is -2.07. The Balaban J connectivity index is 1.94. The summed E-state index contributed by atoms with van der Waals surface area (Å²) in [6.07, 6.45) is 0.276. The van der Waals surface area contributed by atoms with Crippen molar-refractivity contribution in [1.29, 1.82) is 0 Å². The van der Waals surface area contributed by atoms with E-state index in [-0.39, 0.29) is 35.0 Å². The Morgan fingerprint density at radius 1 is 1.30 bits per heavy atom. The minimum atomic E-state index is -3.20. The summed E-state index contributed by atoms with van der Waals surface area (Å²) in [7, 11) is -1.98. The lowest BCUT2D eigenvalue weighted by Gasteiger charge is -2.23. The first kappa shape index (κ1) is 20.9. The van der Waals surface area contributed by atoms with Crippen LogP contribution in [0.4, 0.5) is 8.78 Å². The lowest BCUT2D eigenvalue weighted by Crippen LogP contribution is -2.48. The smallest absolute Gasteiger partial charge is 0.387 e. The topological polar surface area (TPSA) is 108 Å². The second kappa shape index (κ2) is 8.07. The summed E-state index contributed by atoms with van der Waals surface area (Å²) in [4.78, 5) is 24.0. The SMILES string of the molecule is COc1cc(C(=O)OCC(=O)N[C@@]2(C)CCS(=O)(=O)C2)ccc1OC(F)F. The van der Waals surface area contributed by atoms with Gasteiger partial charge >= 0.3 is 12.6 Å². The monoisotopic (exact) mass is 407 g/mol. The number of hydrogen-bond acceptors (Lipinski definition) is 7. The summed E-state index contributed by atoms with van der Waals surface area (Å²) in [5, 5.41) is 2.55. The van der Waals surface area contributed by atoms with Crippen LogP contribution in [0.25, 0.3) is 0 Å². The average molecular weight is 407 g/mol. The second-order valence-electron chi connectivity index (χ2n) is 6.27. The van der Waals surface area contributed by atoms with Crippen LogP contribution in [0.15, 0.2) is 18.2 Å². The van der Waals surface area contributed by atoms with E-state index in [0.29, 0.717) is 0 Å². The number of carbonyl (C=O) groups excluding carboxylic acids is 2. The molecule has 1 atom stereocenters. The number of hydrogen-bond donors (Lipinski definition) is 1. The van der Waals surface area contributed by atoms with Crippen LogP contribution in [-0.4, -0.2) is 57.7 Å².